The molecule has 2 aromatic rings. The minimum Gasteiger partial charge on any atom is -0.371 e. The largest absolute Gasteiger partial charge is 0.371 e. The Morgan fingerprint density at radius 2 is 1.86 bits per heavy atom. The summed E-state index contributed by atoms with van der Waals surface area (Å²) >= 11 is 3.37. The van der Waals surface area contributed by atoms with Crippen molar-refractivity contribution in [1.29, 1.82) is 0 Å². The second-order valence-electron chi connectivity index (χ2n) is 5.05. The number of carbonyl (C=O) groups excluding carboxylic acids is 1. The van der Waals surface area contributed by atoms with Gasteiger partial charge < -0.3 is 10.2 Å². The zero-order valence-electron chi connectivity index (χ0n) is 11.6. The maximum atomic E-state index is 12.3. The molecule has 1 aliphatic heterocycles. The Labute approximate surface area is 132 Å². The molecule has 21 heavy (non-hydrogen) atoms. The number of aromatic nitrogens is 1. The number of pyridine rings is 1. The predicted molar refractivity (Wildman–Crippen MR) is 87.8 cm³/mol. The zero-order valence-corrected chi connectivity index (χ0v) is 13.1. The van der Waals surface area contributed by atoms with Gasteiger partial charge >= 0.3 is 0 Å². The Morgan fingerprint density at radius 3 is 2.57 bits per heavy atom. The van der Waals surface area contributed by atoms with Crippen molar-refractivity contribution in [3.8, 4) is 0 Å². The van der Waals surface area contributed by atoms with E-state index in [9.17, 15) is 4.79 Å². The third-order valence-corrected chi connectivity index (χ3v) is 4.08. The molecular weight excluding hydrogens is 330 g/mol. The molecule has 0 bridgehead atoms. The first-order valence-corrected chi connectivity index (χ1v) is 7.79. The van der Waals surface area contributed by atoms with Crippen molar-refractivity contribution in [3.63, 3.8) is 0 Å². The van der Waals surface area contributed by atoms with Gasteiger partial charge in [-0.2, -0.15) is 0 Å². The highest BCUT2D eigenvalue weighted by atomic mass is 79.9. The smallest absolute Gasteiger partial charge is 0.274 e. The molecule has 1 aliphatic rings. The van der Waals surface area contributed by atoms with Gasteiger partial charge in [-0.3, -0.25) is 9.78 Å². The Morgan fingerprint density at radius 1 is 1.14 bits per heavy atom. The van der Waals surface area contributed by atoms with Crippen LogP contribution in [0.25, 0.3) is 0 Å². The number of carbonyl (C=O) groups is 1. The quantitative estimate of drug-likeness (QED) is 0.922. The van der Waals surface area contributed by atoms with Crippen LogP contribution in [0.4, 0.5) is 11.4 Å². The molecule has 4 nitrogen and oxygen atoms in total. The average molecular weight is 346 g/mol. The maximum Gasteiger partial charge on any atom is 0.274 e. The lowest BCUT2D eigenvalue weighted by molar-refractivity contribution is 0.102. The molecule has 0 saturated carbocycles. The monoisotopic (exact) mass is 345 g/mol. The average Bonchev–Trinajstić information content (AvgIpc) is 3.04. The third kappa shape index (κ3) is 3.42. The molecule has 1 aromatic carbocycles. The summed E-state index contributed by atoms with van der Waals surface area (Å²) in [5, 5.41) is 2.86. The van der Waals surface area contributed by atoms with Crippen molar-refractivity contribution in [1.82, 2.24) is 4.98 Å². The zero-order chi connectivity index (χ0) is 14.7. The molecule has 1 saturated heterocycles. The van der Waals surface area contributed by atoms with Gasteiger partial charge in [0.1, 0.15) is 5.69 Å². The lowest BCUT2D eigenvalue weighted by Gasteiger charge is -2.17. The summed E-state index contributed by atoms with van der Waals surface area (Å²) in [4.78, 5) is 18.7. The molecule has 5 heteroatoms. The van der Waals surface area contributed by atoms with Crippen molar-refractivity contribution >= 4 is 33.2 Å². The van der Waals surface area contributed by atoms with Crippen LogP contribution in [-0.4, -0.2) is 24.0 Å². The lowest BCUT2D eigenvalue weighted by Crippen LogP contribution is -2.19. The van der Waals surface area contributed by atoms with Crippen molar-refractivity contribution < 1.29 is 4.79 Å². The summed E-state index contributed by atoms with van der Waals surface area (Å²) in [7, 11) is 0. The summed E-state index contributed by atoms with van der Waals surface area (Å²) in [6, 6.07) is 11.3. The van der Waals surface area contributed by atoms with Gasteiger partial charge in [0.15, 0.2) is 0 Å². The van der Waals surface area contributed by atoms with E-state index < -0.39 is 0 Å². The second kappa shape index (κ2) is 6.26. The molecule has 1 N–H and O–H groups in total. The van der Waals surface area contributed by atoms with Crippen LogP contribution in [0.3, 0.4) is 0 Å². The minimum absolute atomic E-state index is 0.182. The van der Waals surface area contributed by atoms with Crippen molar-refractivity contribution in [2.75, 3.05) is 23.3 Å². The van der Waals surface area contributed by atoms with Crippen LogP contribution in [0.2, 0.25) is 0 Å². The first-order valence-electron chi connectivity index (χ1n) is 7.00. The molecule has 0 atom stereocenters. The van der Waals surface area contributed by atoms with E-state index in [1.807, 2.05) is 36.4 Å². The number of hydrogen-bond acceptors (Lipinski definition) is 3. The third-order valence-electron chi connectivity index (χ3n) is 3.55. The van der Waals surface area contributed by atoms with Gasteiger partial charge in [0.05, 0.1) is 0 Å². The van der Waals surface area contributed by atoms with Gasteiger partial charge in [-0.05, 0) is 49.2 Å². The molecule has 3 rings (SSSR count). The predicted octanol–water partition coefficient (Wildman–Crippen LogP) is 3.70. The Bertz CT molecular complexity index is 636. The van der Waals surface area contributed by atoms with Crippen molar-refractivity contribution in [2.45, 2.75) is 12.8 Å². The van der Waals surface area contributed by atoms with Crippen LogP contribution in [0.1, 0.15) is 23.3 Å². The highest BCUT2D eigenvalue weighted by Crippen LogP contribution is 2.21. The van der Waals surface area contributed by atoms with Crippen LogP contribution >= 0.6 is 15.9 Å². The van der Waals surface area contributed by atoms with Crippen LogP contribution in [-0.2, 0) is 0 Å². The van der Waals surface area contributed by atoms with Crippen molar-refractivity contribution in [3.05, 3.63) is 52.8 Å². The Kier molecular flexibility index (Phi) is 4.20. The summed E-state index contributed by atoms with van der Waals surface area (Å²) in [5.74, 6) is -0.182. The number of anilines is 2. The van der Waals surface area contributed by atoms with Gasteiger partial charge in [0, 0.05) is 35.1 Å². The number of benzene rings is 1. The number of nitrogens with zero attached hydrogens (tertiary/aromatic N) is 2. The maximum absolute atomic E-state index is 12.3. The first-order chi connectivity index (χ1) is 10.2. The molecular formula is C16H16BrN3O. The summed E-state index contributed by atoms with van der Waals surface area (Å²) in [6.07, 6.45) is 4.12. The van der Waals surface area contributed by atoms with E-state index in [-0.39, 0.29) is 5.91 Å². The number of hydrogen-bond donors (Lipinski definition) is 1. The minimum atomic E-state index is -0.182. The van der Waals surface area contributed by atoms with Crippen LogP contribution in [0, 0.1) is 0 Å². The van der Waals surface area contributed by atoms with E-state index in [0.717, 1.165) is 28.9 Å². The molecule has 1 aromatic heterocycles. The van der Waals surface area contributed by atoms with E-state index in [0.29, 0.717) is 5.69 Å². The Hall–Kier alpha value is -1.88. The standard InChI is InChI=1S/C16H16BrN3O/c17-12-3-5-13(6-4-12)19-16(21)15-11-14(7-8-18-15)20-9-1-2-10-20/h3-8,11H,1-2,9-10H2,(H,19,21). The van der Waals surface area contributed by atoms with Crippen molar-refractivity contribution in [2.24, 2.45) is 0 Å². The number of amides is 1. The topological polar surface area (TPSA) is 45.2 Å². The second-order valence-corrected chi connectivity index (χ2v) is 5.97. The normalized spacial score (nSPS) is 14.2. The van der Waals surface area contributed by atoms with E-state index >= 15 is 0 Å². The SMILES string of the molecule is O=C(Nc1ccc(Br)cc1)c1cc(N2CCCC2)ccn1. The fourth-order valence-electron chi connectivity index (χ4n) is 2.44. The molecule has 1 amide bonds. The van der Waals surface area contributed by atoms with Crippen LogP contribution in [0.5, 0.6) is 0 Å². The molecule has 0 aliphatic carbocycles. The summed E-state index contributed by atoms with van der Waals surface area (Å²) in [6.45, 7) is 2.11. The summed E-state index contributed by atoms with van der Waals surface area (Å²) < 4.78 is 0.981. The molecule has 108 valence electrons. The van der Waals surface area contributed by atoms with Gasteiger partial charge in [0.25, 0.3) is 5.91 Å². The lowest BCUT2D eigenvalue weighted by atomic mass is 10.2. The van der Waals surface area contributed by atoms with E-state index in [4.69, 9.17) is 0 Å². The molecule has 1 fully saturated rings. The van der Waals surface area contributed by atoms with E-state index in [2.05, 4.69) is 31.1 Å². The fourth-order valence-corrected chi connectivity index (χ4v) is 2.71. The van der Waals surface area contributed by atoms with Crippen LogP contribution in [0.15, 0.2) is 47.1 Å². The number of halogens is 1. The van der Waals surface area contributed by atoms with Crippen LogP contribution < -0.4 is 10.2 Å². The highest BCUT2D eigenvalue weighted by Gasteiger charge is 2.15. The van der Waals surface area contributed by atoms with Gasteiger partial charge in [-0.1, -0.05) is 15.9 Å². The van der Waals surface area contributed by atoms with Gasteiger partial charge in [-0.15, -0.1) is 0 Å². The van der Waals surface area contributed by atoms with Gasteiger partial charge in [0.2, 0.25) is 0 Å². The first kappa shape index (κ1) is 14.1. The number of nitrogens with one attached hydrogen (secondary N) is 1. The molecule has 0 unspecified atom stereocenters. The molecule has 0 radical (unpaired) electrons. The fraction of sp³-hybridized carbons (Fsp3) is 0.250. The van der Waals surface area contributed by atoms with Gasteiger partial charge in [-0.25, -0.2) is 0 Å². The van der Waals surface area contributed by atoms with E-state index in [1.165, 1.54) is 12.8 Å². The molecule has 0 spiro atoms. The number of rotatable bonds is 3. The highest BCUT2D eigenvalue weighted by molar-refractivity contribution is 9.10. The Balaban J connectivity index is 1.74. The van der Waals surface area contributed by atoms with E-state index in [1.54, 1.807) is 6.20 Å². The summed E-state index contributed by atoms with van der Waals surface area (Å²) in [5.41, 5.74) is 2.28. The molecule has 2 heterocycles.